The molecule has 2 fully saturated rings. The Morgan fingerprint density at radius 2 is 1.78 bits per heavy atom. The Kier molecular flexibility index (Phi) is 7.15. The second-order valence-electron chi connectivity index (χ2n) is 7.99. The summed E-state index contributed by atoms with van der Waals surface area (Å²) in [5.41, 5.74) is -0.433. The molecule has 0 atom stereocenters. The molecule has 0 saturated heterocycles. The SMILES string of the molecule is CC(C)(C)OC(=O)NC1CCC(OCCCNCC2CC2)CC1. The Morgan fingerprint density at radius 3 is 2.39 bits per heavy atom. The number of hydrogen-bond donors (Lipinski definition) is 2. The van der Waals surface area contributed by atoms with Crippen molar-refractivity contribution in [2.24, 2.45) is 5.92 Å². The van der Waals surface area contributed by atoms with E-state index in [-0.39, 0.29) is 12.1 Å². The monoisotopic (exact) mass is 326 g/mol. The number of amides is 1. The van der Waals surface area contributed by atoms with Gasteiger partial charge in [0, 0.05) is 12.6 Å². The van der Waals surface area contributed by atoms with Crippen molar-refractivity contribution in [3.8, 4) is 0 Å². The number of carbonyl (C=O) groups is 1. The maximum absolute atomic E-state index is 11.8. The normalized spacial score (nSPS) is 25.2. The molecule has 0 unspecified atom stereocenters. The molecular formula is C18H34N2O3. The summed E-state index contributed by atoms with van der Waals surface area (Å²) in [6.07, 6.45) is 7.95. The van der Waals surface area contributed by atoms with Crippen LogP contribution in [0.3, 0.4) is 0 Å². The molecule has 0 aliphatic heterocycles. The summed E-state index contributed by atoms with van der Waals surface area (Å²) in [5.74, 6) is 0.948. The highest BCUT2D eigenvalue weighted by Crippen LogP contribution is 2.27. The zero-order valence-electron chi connectivity index (χ0n) is 15.0. The van der Waals surface area contributed by atoms with Gasteiger partial charge in [-0.05, 0) is 84.7 Å². The lowest BCUT2D eigenvalue weighted by molar-refractivity contribution is 0.0171. The third kappa shape index (κ3) is 8.56. The van der Waals surface area contributed by atoms with Gasteiger partial charge in [0.1, 0.15) is 5.60 Å². The number of nitrogens with one attached hydrogen (secondary N) is 2. The topological polar surface area (TPSA) is 59.6 Å². The molecule has 0 radical (unpaired) electrons. The van der Waals surface area contributed by atoms with Gasteiger partial charge in [-0.25, -0.2) is 4.79 Å². The summed E-state index contributed by atoms with van der Waals surface area (Å²) in [7, 11) is 0. The lowest BCUT2D eigenvalue weighted by Crippen LogP contribution is -2.41. The third-order valence-electron chi connectivity index (χ3n) is 4.38. The van der Waals surface area contributed by atoms with Crippen LogP contribution in [0.1, 0.15) is 65.7 Å². The minimum Gasteiger partial charge on any atom is -0.444 e. The quantitative estimate of drug-likeness (QED) is 0.672. The van der Waals surface area contributed by atoms with Gasteiger partial charge in [-0.1, -0.05) is 0 Å². The predicted molar refractivity (Wildman–Crippen MR) is 91.6 cm³/mol. The first-order chi connectivity index (χ1) is 10.9. The zero-order chi connectivity index (χ0) is 16.7. The molecule has 0 aromatic carbocycles. The van der Waals surface area contributed by atoms with Gasteiger partial charge in [-0.2, -0.15) is 0 Å². The molecular weight excluding hydrogens is 292 g/mol. The Balaban J connectivity index is 1.47. The predicted octanol–water partition coefficient (Wildman–Crippen LogP) is 3.23. The number of rotatable bonds is 8. The van der Waals surface area contributed by atoms with E-state index in [1.54, 1.807) is 0 Å². The molecule has 5 heteroatoms. The summed E-state index contributed by atoms with van der Waals surface area (Å²) in [4.78, 5) is 11.8. The van der Waals surface area contributed by atoms with Crippen molar-refractivity contribution in [3.05, 3.63) is 0 Å². The fourth-order valence-electron chi connectivity index (χ4n) is 2.92. The van der Waals surface area contributed by atoms with Gasteiger partial charge < -0.3 is 20.1 Å². The molecule has 134 valence electrons. The summed E-state index contributed by atoms with van der Waals surface area (Å²) in [6.45, 7) is 8.74. The van der Waals surface area contributed by atoms with Gasteiger partial charge in [-0.15, -0.1) is 0 Å². The smallest absolute Gasteiger partial charge is 0.407 e. The fraction of sp³-hybridized carbons (Fsp3) is 0.944. The summed E-state index contributed by atoms with van der Waals surface area (Å²) >= 11 is 0. The lowest BCUT2D eigenvalue weighted by Gasteiger charge is -2.30. The van der Waals surface area contributed by atoms with E-state index in [1.165, 1.54) is 19.4 Å². The first kappa shape index (κ1) is 18.5. The number of carbonyl (C=O) groups excluding carboxylic acids is 1. The molecule has 5 nitrogen and oxygen atoms in total. The van der Waals surface area contributed by atoms with E-state index < -0.39 is 5.60 Å². The second-order valence-corrected chi connectivity index (χ2v) is 7.99. The highest BCUT2D eigenvalue weighted by molar-refractivity contribution is 5.68. The number of ether oxygens (including phenoxy) is 2. The Morgan fingerprint density at radius 1 is 1.09 bits per heavy atom. The van der Waals surface area contributed by atoms with Crippen molar-refractivity contribution in [1.29, 1.82) is 0 Å². The van der Waals surface area contributed by atoms with E-state index in [0.717, 1.165) is 51.2 Å². The van der Waals surface area contributed by atoms with E-state index in [4.69, 9.17) is 9.47 Å². The van der Waals surface area contributed by atoms with E-state index >= 15 is 0 Å². The molecule has 23 heavy (non-hydrogen) atoms. The van der Waals surface area contributed by atoms with Crippen molar-refractivity contribution >= 4 is 6.09 Å². The minimum atomic E-state index is -0.433. The molecule has 2 rings (SSSR count). The van der Waals surface area contributed by atoms with Gasteiger partial charge >= 0.3 is 6.09 Å². The van der Waals surface area contributed by atoms with Crippen LogP contribution in [0.4, 0.5) is 4.79 Å². The second kappa shape index (κ2) is 8.88. The maximum Gasteiger partial charge on any atom is 0.407 e. The third-order valence-corrected chi connectivity index (χ3v) is 4.38. The molecule has 0 aromatic rings. The van der Waals surface area contributed by atoms with Crippen molar-refractivity contribution in [3.63, 3.8) is 0 Å². The first-order valence-corrected chi connectivity index (χ1v) is 9.24. The average Bonchev–Trinajstić information content (AvgIpc) is 3.26. The number of hydrogen-bond acceptors (Lipinski definition) is 4. The summed E-state index contributed by atoms with van der Waals surface area (Å²) < 4.78 is 11.3. The van der Waals surface area contributed by atoms with Crippen molar-refractivity contribution in [2.75, 3.05) is 19.7 Å². The summed E-state index contributed by atoms with van der Waals surface area (Å²) in [5, 5.41) is 6.46. The van der Waals surface area contributed by atoms with Crippen LogP contribution in [0.2, 0.25) is 0 Å². The van der Waals surface area contributed by atoms with Gasteiger partial charge in [-0.3, -0.25) is 0 Å². The molecule has 1 amide bonds. The molecule has 2 aliphatic rings. The van der Waals surface area contributed by atoms with Crippen LogP contribution in [0.25, 0.3) is 0 Å². The molecule has 2 saturated carbocycles. The van der Waals surface area contributed by atoms with Crippen LogP contribution in [0, 0.1) is 5.92 Å². The average molecular weight is 326 g/mol. The standard InChI is InChI=1S/C18H34N2O3/c1-18(2,3)23-17(21)20-15-7-9-16(10-8-15)22-12-4-11-19-13-14-5-6-14/h14-16,19H,4-13H2,1-3H3,(H,20,21). The molecule has 0 heterocycles. The van der Waals surface area contributed by atoms with Crippen LogP contribution in [-0.4, -0.2) is 43.5 Å². The van der Waals surface area contributed by atoms with Crippen molar-refractivity contribution in [2.45, 2.75) is 83.5 Å². The van der Waals surface area contributed by atoms with E-state index in [2.05, 4.69) is 10.6 Å². The largest absolute Gasteiger partial charge is 0.444 e. The van der Waals surface area contributed by atoms with Crippen LogP contribution < -0.4 is 10.6 Å². The zero-order valence-corrected chi connectivity index (χ0v) is 15.0. The molecule has 0 aromatic heterocycles. The maximum atomic E-state index is 11.8. The van der Waals surface area contributed by atoms with E-state index in [9.17, 15) is 4.79 Å². The minimum absolute atomic E-state index is 0.227. The van der Waals surface area contributed by atoms with Crippen molar-refractivity contribution in [1.82, 2.24) is 10.6 Å². The van der Waals surface area contributed by atoms with Gasteiger partial charge in [0.15, 0.2) is 0 Å². The van der Waals surface area contributed by atoms with Gasteiger partial charge in [0.25, 0.3) is 0 Å². The van der Waals surface area contributed by atoms with Crippen LogP contribution in [0.15, 0.2) is 0 Å². The molecule has 0 bridgehead atoms. The fourth-order valence-corrected chi connectivity index (χ4v) is 2.92. The van der Waals surface area contributed by atoms with Crippen LogP contribution >= 0.6 is 0 Å². The Bertz CT molecular complexity index is 356. The highest BCUT2D eigenvalue weighted by Gasteiger charge is 2.25. The molecule has 0 spiro atoms. The van der Waals surface area contributed by atoms with Crippen LogP contribution in [0.5, 0.6) is 0 Å². The molecule has 2 N–H and O–H groups in total. The first-order valence-electron chi connectivity index (χ1n) is 9.24. The summed E-state index contributed by atoms with van der Waals surface area (Å²) in [6, 6.07) is 0.227. The van der Waals surface area contributed by atoms with E-state index in [0.29, 0.717) is 6.10 Å². The van der Waals surface area contributed by atoms with Gasteiger partial charge in [0.05, 0.1) is 6.10 Å². The lowest BCUT2D eigenvalue weighted by atomic mass is 9.93. The Labute approximate surface area is 140 Å². The highest BCUT2D eigenvalue weighted by atomic mass is 16.6. The van der Waals surface area contributed by atoms with E-state index in [1.807, 2.05) is 20.8 Å². The van der Waals surface area contributed by atoms with Gasteiger partial charge in [0.2, 0.25) is 0 Å². The van der Waals surface area contributed by atoms with Crippen molar-refractivity contribution < 1.29 is 14.3 Å². The Hall–Kier alpha value is -0.810. The van der Waals surface area contributed by atoms with Crippen LogP contribution in [-0.2, 0) is 9.47 Å². The molecule has 2 aliphatic carbocycles. The number of alkyl carbamates (subject to hydrolysis) is 1.